The van der Waals surface area contributed by atoms with Gasteiger partial charge in [0.2, 0.25) is 0 Å². The van der Waals surface area contributed by atoms with Crippen LogP contribution in [0, 0.1) is 5.92 Å². The zero-order chi connectivity index (χ0) is 17.7. The zero-order valence-electron chi connectivity index (χ0n) is 15.9. The first-order valence-corrected chi connectivity index (χ1v) is 9.22. The molecule has 0 N–H and O–H groups in total. The van der Waals surface area contributed by atoms with Gasteiger partial charge in [0.25, 0.3) is 0 Å². The van der Waals surface area contributed by atoms with Gasteiger partial charge in [-0.05, 0) is 71.4 Å². The van der Waals surface area contributed by atoms with Gasteiger partial charge in [0.1, 0.15) is 11.4 Å². The largest absolute Gasteiger partial charge is 0.487 e. The lowest BCUT2D eigenvalue weighted by Gasteiger charge is -2.35. The molecule has 0 bridgehead atoms. The fourth-order valence-corrected chi connectivity index (χ4v) is 3.37. The predicted molar refractivity (Wildman–Crippen MR) is 101 cm³/mol. The second-order valence-corrected chi connectivity index (χ2v) is 7.93. The van der Waals surface area contributed by atoms with Crippen LogP contribution in [0.15, 0.2) is 46.8 Å². The molecule has 24 heavy (non-hydrogen) atoms. The summed E-state index contributed by atoms with van der Waals surface area (Å²) in [6.07, 6.45) is 14.4. The number of ether oxygens (including phenoxy) is 1. The molecule has 2 aliphatic rings. The fraction of sp³-hybridized carbons (Fsp3) is 0.591. The van der Waals surface area contributed by atoms with Crippen molar-refractivity contribution in [3.05, 3.63) is 46.8 Å². The molecular weight excluding hydrogens is 296 g/mol. The maximum atomic E-state index is 12.1. The summed E-state index contributed by atoms with van der Waals surface area (Å²) in [5.41, 5.74) is 3.35. The molecule has 1 heterocycles. The van der Waals surface area contributed by atoms with Gasteiger partial charge in [-0.2, -0.15) is 0 Å². The molecule has 0 fully saturated rings. The van der Waals surface area contributed by atoms with E-state index in [1.165, 1.54) is 11.1 Å². The normalized spacial score (nSPS) is 27.0. The van der Waals surface area contributed by atoms with Crippen LogP contribution in [0.5, 0.6) is 0 Å². The SMILES string of the molecule is CC(C)=CCC/C(C)=C/CC[C@@]1(C)C=CC2=C(CC(C)CC2=O)O1. The van der Waals surface area contributed by atoms with Crippen molar-refractivity contribution in [3.63, 3.8) is 0 Å². The van der Waals surface area contributed by atoms with Crippen LogP contribution < -0.4 is 0 Å². The Kier molecular flexibility index (Phi) is 6.26. The maximum Gasteiger partial charge on any atom is 0.166 e. The van der Waals surface area contributed by atoms with Gasteiger partial charge in [0.15, 0.2) is 5.78 Å². The van der Waals surface area contributed by atoms with E-state index in [4.69, 9.17) is 4.74 Å². The molecule has 132 valence electrons. The summed E-state index contributed by atoms with van der Waals surface area (Å²) < 4.78 is 6.25. The standard InChI is InChI=1S/C22H32O2/c1-16(2)8-6-9-17(3)10-7-12-22(5)13-11-19-20(23)14-18(4)15-21(19)24-22/h8,10-11,13,18H,6-7,9,12,14-15H2,1-5H3/b17-10+/t18?,22-/m0/s1. The quantitative estimate of drug-likeness (QED) is 0.554. The van der Waals surface area contributed by atoms with E-state index in [0.717, 1.165) is 43.4 Å². The van der Waals surface area contributed by atoms with E-state index in [1.54, 1.807) is 0 Å². The van der Waals surface area contributed by atoms with E-state index >= 15 is 0 Å². The summed E-state index contributed by atoms with van der Waals surface area (Å²) in [5, 5.41) is 0. The first-order chi connectivity index (χ1) is 11.3. The molecule has 0 saturated heterocycles. The number of rotatable bonds is 6. The van der Waals surface area contributed by atoms with Crippen molar-refractivity contribution in [2.75, 3.05) is 0 Å². The van der Waals surface area contributed by atoms with Crippen LogP contribution in [0.3, 0.4) is 0 Å². The molecule has 1 unspecified atom stereocenters. The smallest absolute Gasteiger partial charge is 0.166 e. The molecule has 0 saturated carbocycles. The van der Waals surface area contributed by atoms with Crippen LogP contribution in [0.25, 0.3) is 0 Å². The van der Waals surface area contributed by atoms with Crippen LogP contribution >= 0.6 is 0 Å². The highest BCUT2D eigenvalue weighted by atomic mass is 16.5. The number of Topliss-reactive ketones (excluding diaryl/α,β-unsaturated/α-hetero) is 1. The predicted octanol–water partition coefficient (Wildman–Crippen LogP) is 6.06. The Morgan fingerprint density at radius 1 is 1.25 bits per heavy atom. The third-order valence-electron chi connectivity index (χ3n) is 4.85. The molecule has 0 aromatic heterocycles. The number of hydrogen-bond donors (Lipinski definition) is 0. The maximum absolute atomic E-state index is 12.1. The highest BCUT2D eigenvalue weighted by Crippen LogP contribution is 2.37. The average Bonchev–Trinajstić information content (AvgIpc) is 2.45. The van der Waals surface area contributed by atoms with Crippen LogP contribution in [-0.2, 0) is 9.53 Å². The van der Waals surface area contributed by atoms with Crippen molar-refractivity contribution < 1.29 is 9.53 Å². The summed E-state index contributed by atoms with van der Waals surface area (Å²) in [6.45, 7) is 10.8. The van der Waals surface area contributed by atoms with Gasteiger partial charge in [-0.25, -0.2) is 0 Å². The summed E-state index contributed by atoms with van der Waals surface area (Å²) in [6, 6.07) is 0. The van der Waals surface area contributed by atoms with Crippen molar-refractivity contribution in [1.29, 1.82) is 0 Å². The molecule has 2 heteroatoms. The molecule has 0 aromatic carbocycles. The van der Waals surface area contributed by atoms with Gasteiger partial charge in [-0.15, -0.1) is 0 Å². The number of ketones is 1. The topological polar surface area (TPSA) is 26.3 Å². The third kappa shape index (κ3) is 5.22. The Bertz CT molecular complexity index is 599. The van der Waals surface area contributed by atoms with E-state index in [0.29, 0.717) is 12.3 Å². The Balaban J connectivity index is 1.89. The first-order valence-electron chi connectivity index (χ1n) is 9.22. The number of hydrogen-bond acceptors (Lipinski definition) is 2. The van der Waals surface area contributed by atoms with Crippen LogP contribution in [0.2, 0.25) is 0 Å². The minimum Gasteiger partial charge on any atom is -0.487 e. The highest BCUT2D eigenvalue weighted by Gasteiger charge is 2.33. The molecule has 0 radical (unpaired) electrons. The molecule has 1 aliphatic heterocycles. The van der Waals surface area contributed by atoms with Crippen LogP contribution in [0.4, 0.5) is 0 Å². The zero-order valence-corrected chi connectivity index (χ0v) is 15.9. The van der Waals surface area contributed by atoms with E-state index in [9.17, 15) is 4.79 Å². The van der Waals surface area contributed by atoms with Gasteiger partial charge >= 0.3 is 0 Å². The molecule has 2 rings (SSSR count). The lowest BCUT2D eigenvalue weighted by molar-refractivity contribution is -0.117. The van der Waals surface area contributed by atoms with Crippen molar-refractivity contribution in [3.8, 4) is 0 Å². The lowest BCUT2D eigenvalue weighted by Crippen LogP contribution is -2.32. The van der Waals surface area contributed by atoms with Crippen LogP contribution in [0.1, 0.15) is 73.1 Å². The Hall–Kier alpha value is -1.57. The Morgan fingerprint density at radius 2 is 2.00 bits per heavy atom. The highest BCUT2D eigenvalue weighted by molar-refractivity contribution is 5.99. The van der Waals surface area contributed by atoms with E-state index < -0.39 is 0 Å². The Labute approximate surface area is 147 Å². The van der Waals surface area contributed by atoms with Gasteiger partial charge in [0, 0.05) is 12.8 Å². The Morgan fingerprint density at radius 3 is 2.71 bits per heavy atom. The van der Waals surface area contributed by atoms with Gasteiger partial charge in [-0.1, -0.05) is 30.2 Å². The monoisotopic (exact) mass is 328 g/mol. The second-order valence-electron chi connectivity index (χ2n) is 7.93. The summed E-state index contributed by atoms with van der Waals surface area (Å²) in [5.74, 6) is 1.54. The van der Waals surface area contributed by atoms with Crippen LogP contribution in [-0.4, -0.2) is 11.4 Å². The average molecular weight is 328 g/mol. The molecular formula is C22H32O2. The minimum absolute atomic E-state index is 0.233. The number of carbonyl (C=O) groups is 1. The third-order valence-corrected chi connectivity index (χ3v) is 4.85. The lowest BCUT2D eigenvalue weighted by atomic mass is 9.84. The molecule has 0 amide bonds. The molecule has 0 aromatic rings. The minimum atomic E-state index is -0.285. The van der Waals surface area contributed by atoms with Gasteiger partial charge in [-0.3, -0.25) is 4.79 Å². The van der Waals surface area contributed by atoms with Crippen molar-refractivity contribution in [1.82, 2.24) is 0 Å². The van der Waals surface area contributed by atoms with E-state index in [-0.39, 0.29) is 11.4 Å². The van der Waals surface area contributed by atoms with Crippen molar-refractivity contribution >= 4 is 5.78 Å². The van der Waals surface area contributed by atoms with Crippen molar-refractivity contribution in [2.45, 2.75) is 78.7 Å². The summed E-state index contributed by atoms with van der Waals surface area (Å²) >= 11 is 0. The molecule has 2 atom stereocenters. The number of allylic oxidation sites excluding steroid dienone is 7. The molecule has 0 spiro atoms. The summed E-state index contributed by atoms with van der Waals surface area (Å²) in [4.78, 5) is 12.1. The van der Waals surface area contributed by atoms with Gasteiger partial charge < -0.3 is 4.74 Å². The molecule has 1 aliphatic carbocycles. The first kappa shape index (κ1) is 18.8. The molecule has 2 nitrogen and oxygen atoms in total. The van der Waals surface area contributed by atoms with E-state index in [1.807, 2.05) is 6.08 Å². The fourth-order valence-electron chi connectivity index (χ4n) is 3.37. The summed E-state index contributed by atoms with van der Waals surface area (Å²) in [7, 11) is 0. The van der Waals surface area contributed by atoms with E-state index in [2.05, 4.69) is 52.8 Å². The number of carbonyl (C=O) groups excluding carboxylic acids is 1. The van der Waals surface area contributed by atoms with Gasteiger partial charge in [0.05, 0.1) is 5.57 Å². The van der Waals surface area contributed by atoms with Crippen molar-refractivity contribution in [2.24, 2.45) is 5.92 Å². The second kappa shape index (κ2) is 8.00.